The van der Waals surface area contributed by atoms with Crippen LogP contribution in [-0.4, -0.2) is 11.5 Å². The van der Waals surface area contributed by atoms with E-state index in [0.29, 0.717) is 5.75 Å². The van der Waals surface area contributed by atoms with Gasteiger partial charge in [-0.2, -0.15) is 0 Å². The third-order valence-electron chi connectivity index (χ3n) is 1.80. The zero-order chi connectivity index (χ0) is 9.10. The van der Waals surface area contributed by atoms with Crippen LogP contribution in [0.3, 0.4) is 0 Å². The molecule has 1 radical (unpaired) electrons. The summed E-state index contributed by atoms with van der Waals surface area (Å²) in [5.74, 6) is 0.487. The van der Waals surface area contributed by atoms with Crippen LogP contribution in [0.2, 0.25) is 0 Å². The second-order valence-corrected chi connectivity index (χ2v) is 2.54. The standard InChI is InChI=1S/C10H6NO2/c12-7-13-10-3-1-2-8-4-5-11-6-9(8)10/h1-6H. The van der Waals surface area contributed by atoms with Gasteiger partial charge in [-0.05, 0) is 17.5 Å². The molecular weight excluding hydrogens is 166 g/mol. The quantitative estimate of drug-likeness (QED) is 0.691. The first-order valence-corrected chi connectivity index (χ1v) is 3.78. The molecule has 0 saturated heterocycles. The first kappa shape index (κ1) is 7.73. The number of carbonyl (C=O) groups excluding carboxylic acids is 1. The lowest BCUT2D eigenvalue weighted by Gasteiger charge is -2.00. The average molecular weight is 172 g/mol. The van der Waals surface area contributed by atoms with Crippen molar-refractivity contribution in [3.05, 3.63) is 36.7 Å². The lowest BCUT2D eigenvalue weighted by atomic mass is 10.2. The van der Waals surface area contributed by atoms with Gasteiger partial charge in [0.15, 0.2) is 0 Å². The van der Waals surface area contributed by atoms with E-state index < -0.39 is 0 Å². The van der Waals surface area contributed by atoms with Crippen molar-refractivity contribution in [1.82, 2.24) is 4.98 Å². The highest BCUT2D eigenvalue weighted by Gasteiger charge is 2.00. The zero-order valence-corrected chi connectivity index (χ0v) is 6.73. The van der Waals surface area contributed by atoms with Gasteiger partial charge in [-0.3, -0.25) is 4.98 Å². The predicted octanol–water partition coefficient (Wildman–Crippen LogP) is 1.68. The molecule has 13 heavy (non-hydrogen) atoms. The maximum absolute atomic E-state index is 10.1. The molecule has 1 aromatic heterocycles. The minimum Gasteiger partial charge on any atom is -0.417 e. The van der Waals surface area contributed by atoms with Gasteiger partial charge in [-0.25, -0.2) is 4.79 Å². The van der Waals surface area contributed by atoms with Gasteiger partial charge >= 0.3 is 6.47 Å². The third-order valence-corrected chi connectivity index (χ3v) is 1.80. The zero-order valence-electron chi connectivity index (χ0n) is 6.73. The summed E-state index contributed by atoms with van der Waals surface area (Å²) in [5, 5.41) is 1.80. The molecule has 2 rings (SSSR count). The molecule has 0 atom stereocenters. The van der Waals surface area contributed by atoms with Crippen LogP contribution in [0.5, 0.6) is 5.75 Å². The minimum absolute atomic E-state index is 0.487. The Morgan fingerprint density at radius 1 is 1.31 bits per heavy atom. The van der Waals surface area contributed by atoms with Gasteiger partial charge < -0.3 is 4.74 Å². The van der Waals surface area contributed by atoms with Crippen LogP contribution in [-0.2, 0) is 4.79 Å². The summed E-state index contributed by atoms with van der Waals surface area (Å²) in [4.78, 5) is 14.0. The van der Waals surface area contributed by atoms with Gasteiger partial charge in [0.05, 0.1) is 0 Å². The molecular formula is C10H6NO2. The molecule has 0 unspecified atom stereocenters. The molecule has 0 fully saturated rings. The van der Waals surface area contributed by atoms with Crippen molar-refractivity contribution in [1.29, 1.82) is 0 Å². The summed E-state index contributed by atoms with van der Waals surface area (Å²) in [5.41, 5.74) is 0. The molecule has 0 bridgehead atoms. The van der Waals surface area contributed by atoms with E-state index in [9.17, 15) is 4.79 Å². The lowest BCUT2D eigenvalue weighted by Crippen LogP contribution is -1.89. The van der Waals surface area contributed by atoms with Gasteiger partial charge in [0.25, 0.3) is 0 Å². The first-order chi connectivity index (χ1) is 6.42. The second kappa shape index (κ2) is 3.23. The van der Waals surface area contributed by atoms with E-state index in [0.717, 1.165) is 10.8 Å². The molecule has 0 N–H and O–H groups in total. The second-order valence-electron chi connectivity index (χ2n) is 2.54. The van der Waals surface area contributed by atoms with Crippen molar-refractivity contribution in [2.24, 2.45) is 0 Å². The summed E-state index contributed by atoms with van der Waals surface area (Å²) >= 11 is 0. The van der Waals surface area contributed by atoms with E-state index in [1.165, 1.54) is 6.47 Å². The molecule has 3 nitrogen and oxygen atoms in total. The molecule has 1 aromatic carbocycles. The molecule has 0 amide bonds. The monoisotopic (exact) mass is 172 g/mol. The summed E-state index contributed by atoms with van der Waals surface area (Å²) in [7, 11) is 0. The van der Waals surface area contributed by atoms with Crippen molar-refractivity contribution in [3.63, 3.8) is 0 Å². The number of nitrogens with zero attached hydrogens (tertiary/aromatic N) is 1. The molecule has 0 saturated carbocycles. The first-order valence-electron chi connectivity index (χ1n) is 3.78. The fraction of sp³-hybridized carbons (Fsp3) is 0. The Morgan fingerprint density at radius 2 is 2.23 bits per heavy atom. The molecule has 0 aliphatic heterocycles. The largest absolute Gasteiger partial charge is 0.423 e. The topological polar surface area (TPSA) is 39.2 Å². The van der Waals surface area contributed by atoms with E-state index in [1.807, 2.05) is 18.2 Å². The molecule has 1 heterocycles. The third kappa shape index (κ3) is 1.36. The van der Waals surface area contributed by atoms with Crippen molar-refractivity contribution in [2.75, 3.05) is 0 Å². The number of benzene rings is 1. The van der Waals surface area contributed by atoms with Gasteiger partial charge in [0.2, 0.25) is 0 Å². The van der Waals surface area contributed by atoms with Crippen LogP contribution >= 0.6 is 0 Å². The number of ether oxygens (including phenoxy) is 1. The Balaban J connectivity index is 2.68. The average Bonchev–Trinajstić information content (AvgIpc) is 2.19. The SMILES string of the molecule is O=[C]Oc1cccc2ccncc12. The molecule has 2 aromatic rings. The van der Waals surface area contributed by atoms with Gasteiger partial charge in [-0.15, -0.1) is 0 Å². The normalized spacial score (nSPS) is 9.85. The Kier molecular flexibility index (Phi) is 1.92. The van der Waals surface area contributed by atoms with Gasteiger partial charge in [0.1, 0.15) is 5.75 Å². The summed E-state index contributed by atoms with van der Waals surface area (Å²) < 4.78 is 4.67. The number of fused-ring (bicyclic) bond motifs is 1. The van der Waals surface area contributed by atoms with Crippen molar-refractivity contribution in [3.8, 4) is 5.75 Å². The fourth-order valence-corrected chi connectivity index (χ4v) is 1.22. The van der Waals surface area contributed by atoms with Crippen LogP contribution in [0, 0.1) is 0 Å². The molecule has 0 spiro atoms. The van der Waals surface area contributed by atoms with E-state index >= 15 is 0 Å². The highest BCUT2D eigenvalue weighted by molar-refractivity contribution is 5.88. The van der Waals surface area contributed by atoms with Crippen LogP contribution in [0.1, 0.15) is 0 Å². The summed E-state index contributed by atoms with van der Waals surface area (Å²) in [6, 6.07) is 7.30. The maximum Gasteiger partial charge on any atom is 0.423 e. The minimum atomic E-state index is 0.487. The van der Waals surface area contributed by atoms with E-state index in [2.05, 4.69) is 9.72 Å². The maximum atomic E-state index is 10.1. The van der Waals surface area contributed by atoms with E-state index in [1.54, 1.807) is 18.5 Å². The highest BCUT2D eigenvalue weighted by atomic mass is 16.5. The number of aromatic nitrogens is 1. The van der Waals surface area contributed by atoms with Crippen molar-refractivity contribution >= 4 is 17.2 Å². The van der Waals surface area contributed by atoms with Crippen LogP contribution in [0.15, 0.2) is 36.7 Å². The lowest BCUT2D eigenvalue weighted by molar-refractivity contribution is 0.445. The number of hydrogen-bond donors (Lipinski definition) is 0. The van der Waals surface area contributed by atoms with Gasteiger partial charge in [-0.1, -0.05) is 12.1 Å². The van der Waals surface area contributed by atoms with Crippen molar-refractivity contribution < 1.29 is 9.53 Å². The summed E-state index contributed by atoms with van der Waals surface area (Å²) in [6.45, 7) is 1.40. The number of hydrogen-bond acceptors (Lipinski definition) is 3. The van der Waals surface area contributed by atoms with Crippen LogP contribution < -0.4 is 4.74 Å². The van der Waals surface area contributed by atoms with E-state index in [-0.39, 0.29) is 0 Å². The van der Waals surface area contributed by atoms with Gasteiger partial charge in [0, 0.05) is 17.8 Å². The Morgan fingerprint density at radius 3 is 3.08 bits per heavy atom. The smallest absolute Gasteiger partial charge is 0.417 e. The van der Waals surface area contributed by atoms with Crippen LogP contribution in [0.4, 0.5) is 0 Å². The van der Waals surface area contributed by atoms with E-state index in [4.69, 9.17) is 0 Å². The molecule has 0 aliphatic rings. The Bertz CT molecular complexity index is 434. The summed E-state index contributed by atoms with van der Waals surface area (Å²) in [6.07, 6.45) is 3.35. The Labute approximate surface area is 75.0 Å². The number of pyridine rings is 1. The van der Waals surface area contributed by atoms with Crippen molar-refractivity contribution in [2.45, 2.75) is 0 Å². The predicted molar refractivity (Wildman–Crippen MR) is 48.1 cm³/mol. The fourth-order valence-electron chi connectivity index (χ4n) is 1.22. The number of rotatable bonds is 2. The highest BCUT2D eigenvalue weighted by Crippen LogP contribution is 2.23. The molecule has 63 valence electrons. The van der Waals surface area contributed by atoms with Crippen LogP contribution in [0.25, 0.3) is 10.8 Å². The molecule has 0 aliphatic carbocycles. The molecule has 3 heteroatoms. The Hall–Kier alpha value is -1.90.